The number of rotatable bonds is 6. The molecule has 29 heavy (non-hydrogen) atoms. The molecule has 11 heteroatoms. The van der Waals surface area contributed by atoms with Crippen LogP contribution in [0, 0.1) is 10.1 Å². The maximum Gasteiger partial charge on any atom is 1.00 e. The number of benzene rings is 3. The minimum atomic E-state index is -4.49. The molecule has 0 saturated heterocycles. The fourth-order valence-electron chi connectivity index (χ4n) is 2.33. The number of anilines is 1. The van der Waals surface area contributed by atoms with Gasteiger partial charge in [0.1, 0.15) is 10.1 Å². The van der Waals surface area contributed by atoms with E-state index in [-0.39, 0.29) is 40.1 Å². The van der Waals surface area contributed by atoms with Crippen LogP contribution in [0.4, 0.5) is 17.1 Å². The summed E-state index contributed by atoms with van der Waals surface area (Å²) in [5.41, 5.74) is 5.52. The summed E-state index contributed by atoms with van der Waals surface area (Å²) in [5.74, 6) is 0. The Bertz CT molecular complexity index is 1120. The van der Waals surface area contributed by atoms with Gasteiger partial charge in [0, 0.05) is 12.1 Å². The largest absolute Gasteiger partial charge is 1.00 e. The van der Waals surface area contributed by atoms with Crippen LogP contribution in [0.3, 0.4) is 0 Å². The second-order valence-electron chi connectivity index (χ2n) is 5.64. The third kappa shape index (κ3) is 6.17. The molecule has 3 aromatic rings. The smallest absolute Gasteiger partial charge is 0.744 e. The molecule has 0 aliphatic carbocycles. The molecule has 0 atom stereocenters. The van der Waals surface area contributed by atoms with Crippen molar-refractivity contribution in [2.45, 2.75) is 4.90 Å². The van der Waals surface area contributed by atoms with Crippen LogP contribution in [0.5, 0.6) is 0 Å². The standard InChI is InChI=1S/C18H14N4O5S.Na/c23-22(24)17-9-3-14(4-10-17)13-1-5-15(6-2-13)19-21-20-16-7-11-18(12-8-16)28(25,26)27;/h1-12H,(H,19,20)(H,25,26,27);/q;+1/p-1. The van der Waals surface area contributed by atoms with Crippen molar-refractivity contribution in [3.63, 3.8) is 0 Å². The summed E-state index contributed by atoms with van der Waals surface area (Å²) in [6.45, 7) is 0. The van der Waals surface area contributed by atoms with Crippen molar-refractivity contribution in [1.82, 2.24) is 0 Å². The summed E-state index contributed by atoms with van der Waals surface area (Å²) in [6.07, 6.45) is 0. The minimum Gasteiger partial charge on any atom is -0.744 e. The zero-order valence-electron chi connectivity index (χ0n) is 15.2. The second-order valence-corrected chi connectivity index (χ2v) is 7.02. The van der Waals surface area contributed by atoms with E-state index in [1.165, 1.54) is 24.3 Å². The van der Waals surface area contributed by atoms with E-state index in [9.17, 15) is 23.1 Å². The van der Waals surface area contributed by atoms with E-state index in [2.05, 4.69) is 15.8 Å². The van der Waals surface area contributed by atoms with E-state index in [4.69, 9.17) is 0 Å². The Balaban J connectivity index is 0.00000300. The molecule has 0 amide bonds. The van der Waals surface area contributed by atoms with E-state index in [0.29, 0.717) is 11.4 Å². The van der Waals surface area contributed by atoms with E-state index in [0.717, 1.165) is 23.3 Å². The Kier molecular flexibility index (Phi) is 7.59. The molecule has 142 valence electrons. The van der Waals surface area contributed by atoms with Crippen LogP contribution in [0.25, 0.3) is 11.1 Å². The molecule has 0 heterocycles. The quantitative estimate of drug-likeness (QED) is 0.210. The molecule has 3 rings (SSSR count). The molecule has 0 aliphatic rings. The molecule has 0 saturated carbocycles. The molecule has 0 aliphatic heterocycles. The summed E-state index contributed by atoms with van der Waals surface area (Å²) in [5, 5.41) is 18.4. The minimum absolute atomic E-state index is 0. The van der Waals surface area contributed by atoms with Crippen molar-refractivity contribution in [3.8, 4) is 11.1 Å². The van der Waals surface area contributed by atoms with E-state index >= 15 is 0 Å². The first-order valence-electron chi connectivity index (χ1n) is 7.90. The molecule has 0 radical (unpaired) electrons. The van der Waals surface area contributed by atoms with E-state index < -0.39 is 15.0 Å². The van der Waals surface area contributed by atoms with Crippen molar-refractivity contribution < 1.29 is 47.5 Å². The van der Waals surface area contributed by atoms with Crippen molar-refractivity contribution in [2.24, 2.45) is 10.3 Å². The van der Waals surface area contributed by atoms with Crippen LogP contribution < -0.4 is 35.0 Å². The third-order valence-electron chi connectivity index (χ3n) is 3.77. The van der Waals surface area contributed by atoms with Crippen molar-refractivity contribution >= 4 is 27.2 Å². The van der Waals surface area contributed by atoms with Crippen molar-refractivity contribution in [1.29, 1.82) is 0 Å². The van der Waals surface area contributed by atoms with Gasteiger partial charge in [-0.15, -0.1) is 5.11 Å². The van der Waals surface area contributed by atoms with Crippen molar-refractivity contribution in [2.75, 3.05) is 5.43 Å². The molecular formula is C18H13N4NaO5S. The SMILES string of the molecule is O=[N+]([O-])c1ccc(-c2ccc(NN=Nc3ccc(S(=O)(=O)[O-])cc3)cc2)cc1.[Na+]. The molecule has 0 fully saturated rings. The van der Waals surface area contributed by atoms with Gasteiger partial charge in [0.25, 0.3) is 5.69 Å². The molecule has 0 unspecified atom stereocenters. The Morgan fingerprint density at radius 3 is 1.83 bits per heavy atom. The number of nitrogens with one attached hydrogen (secondary N) is 1. The first-order valence-corrected chi connectivity index (χ1v) is 9.31. The Morgan fingerprint density at radius 2 is 1.34 bits per heavy atom. The molecule has 0 aromatic heterocycles. The van der Waals surface area contributed by atoms with Gasteiger partial charge in [-0.05, 0) is 59.7 Å². The first kappa shape index (κ1) is 22.7. The Labute approximate surface area is 188 Å². The molecule has 0 bridgehead atoms. The number of nitro groups is 1. The summed E-state index contributed by atoms with van der Waals surface area (Å²) in [4.78, 5) is 9.91. The topological polar surface area (TPSA) is 137 Å². The van der Waals surface area contributed by atoms with Crippen LogP contribution in [0.2, 0.25) is 0 Å². The maximum absolute atomic E-state index is 10.9. The molecule has 3 aromatic carbocycles. The summed E-state index contributed by atoms with van der Waals surface area (Å²) >= 11 is 0. The molecule has 9 nitrogen and oxygen atoms in total. The fourth-order valence-corrected chi connectivity index (χ4v) is 2.80. The van der Waals surface area contributed by atoms with Gasteiger partial charge >= 0.3 is 29.6 Å². The van der Waals surface area contributed by atoms with Gasteiger partial charge in [0.2, 0.25) is 0 Å². The Hall–Kier alpha value is -2.63. The van der Waals surface area contributed by atoms with Gasteiger partial charge in [-0.3, -0.25) is 15.5 Å². The third-order valence-corrected chi connectivity index (χ3v) is 4.62. The van der Waals surface area contributed by atoms with E-state index in [1.54, 1.807) is 24.3 Å². The van der Waals surface area contributed by atoms with Gasteiger partial charge < -0.3 is 4.55 Å². The molecule has 1 N–H and O–H groups in total. The molecule has 0 spiro atoms. The van der Waals surface area contributed by atoms with Gasteiger partial charge in [-0.2, -0.15) is 0 Å². The maximum atomic E-state index is 10.9. The van der Waals surface area contributed by atoms with Crippen LogP contribution in [0.15, 0.2) is 88.0 Å². The zero-order chi connectivity index (χ0) is 20.1. The summed E-state index contributed by atoms with van der Waals surface area (Å²) in [6, 6.07) is 18.5. The Morgan fingerprint density at radius 1 is 0.828 bits per heavy atom. The predicted molar refractivity (Wildman–Crippen MR) is 101 cm³/mol. The molecular weight excluding hydrogens is 407 g/mol. The number of nitro benzene ring substituents is 1. The van der Waals surface area contributed by atoms with Crippen LogP contribution in [-0.4, -0.2) is 17.9 Å². The average Bonchev–Trinajstić information content (AvgIpc) is 2.68. The fraction of sp³-hybridized carbons (Fsp3) is 0. The number of hydrogen-bond acceptors (Lipinski definition) is 7. The average molecular weight is 420 g/mol. The van der Waals surface area contributed by atoms with Gasteiger partial charge in [0.15, 0.2) is 0 Å². The predicted octanol–water partition coefficient (Wildman–Crippen LogP) is 1.28. The second kappa shape index (κ2) is 9.72. The van der Waals surface area contributed by atoms with Gasteiger partial charge in [-0.1, -0.05) is 17.4 Å². The normalized spacial score (nSPS) is 11.1. The summed E-state index contributed by atoms with van der Waals surface area (Å²) in [7, 11) is -4.49. The number of non-ortho nitro benzene ring substituents is 1. The number of hydrogen-bond donors (Lipinski definition) is 1. The summed E-state index contributed by atoms with van der Waals surface area (Å²) < 4.78 is 32.6. The van der Waals surface area contributed by atoms with Crippen LogP contribution in [-0.2, 0) is 10.1 Å². The van der Waals surface area contributed by atoms with Crippen LogP contribution >= 0.6 is 0 Å². The van der Waals surface area contributed by atoms with Crippen LogP contribution in [0.1, 0.15) is 0 Å². The van der Waals surface area contributed by atoms with Gasteiger partial charge in [0.05, 0.1) is 21.2 Å². The zero-order valence-corrected chi connectivity index (χ0v) is 18.0. The first-order chi connectivity index (χ1) is 13.3. The van der Waals surface area contributed by atoms with E-state index in [1.807, 2.05) is 12.1 Å². The van der Waals surface area contributed by atoms with Crippen molar-refractivity contribution in [3.05, 3.63) is 82.9 Å². The van der Waals surface area contributed by atoms with Gasteiger partial charge in [-0.25, -0.2) is 8.42 Å². The monoisotopic (exact) mass is 420 g/mol. The number of nitrogens with zero attached hydrogens (tertiary/aromatic N) is 3.